The third-order valence-electron chi connectivity index (χ3n) is 4.04. The van der Waals surface area contributed by atoms with Crippen LogP contribution in [0.4, 0.5) is 5.82 Å². The first-order valence-electron chi connectivity index (χ1n) is 8.48. The molecule has 0 atom stereocenters. The smallest absolute Gasteiger partial charge is 0.261 e. The number of carbonyl (C=O) groups is 1. The van der Waals surface area contributed by atoms with Crippen molar-refractivity contribution in [1.29, 1.82) is 0 Å². The molecule has 0 unspecified atom stereocenters. The minimum atomic E-state index is -0.0738. The highest BCUT2D eigenvalue weighted by Gasteiger charge is 2.13. The van der Waals surface area contributed by atoms with Gasteiger partial charge in [-0.1, -0.05) is 35.9 Å². The van der Waals surface area contributed by atoms with Gasteiger partial charge in [0, 0.05) is 29.7 Å². The molecule has 3 aromatic heterocycles. The van der Waals surface area contributed by atoms with Gasteiger partial charge in [-0.15, -0.1) is 11.3 Å². The normalized spacial score (nSPS) is 10.9. The van der Waals surface area contributed by atoms with Gasteiger partial charge in [-0.2, -0.15) is 9.61 Å². The van der Waals surface area contributed by atoms with E-state index in [4.69, 9.17) is 11.6 Å². The average Bonchev–Trinajstić information content (AvgIpc) is 3.36. The van der Waals surface area contributed by atoms with E-state index in [-0.39, 0.29) is 5.91 Å². The van der Waals surface area contributed by atoms with Gasteiger partial charge in [0.2, 0.25) is 0 Å². The summed E-state index contributed by atoms with van der Waals surface area (Å²) in [5.74, 6) is 0.686. The third-order valence-corrected chi connectivity index (χ3v) is 5.80. The summed E-state index contributed by atoms with van der Waals surface area (Å²) < 4.78 is 2.50. The summed E-state index contributed by atoms with van der Waals surface area (Å²) in [6, 6.07) is 13.1. The number of hydrogen-bond acceptors (Lipinski definition) is 5. The fourth-order valence-corrected chi connectivity index (χ4v) is 3.95. The molecule has 0 aliphatic carbocycles. The quantitative estimate of drug-likeness (QED) is 0.395. The Morgan fingerprint density at radius 1 is 1.21 bits per heavy atom. The Morgan fingerprint density at radius 2 is 2.07 bits per heavy atom. The maximum absolute atomic E-state index is 12.0. The molecule has 2 N–H and O–H groups in total. The Balaban J connectivity index is 1.54. The van der Waals surface area contributed by atoms with Crippen LogP contribution in [0.15, 0.2) is 58.5 Å². The van der Waals surface area contributed by atoms with E-state index in [0.29, 0.717) is 28.6 Å². The summed E-state index contributed by atoms with van der Waals surface area (Å²) in [6.45, 7) is 1.01. The molecule has 4 aromatic rings. The number of anilines is 1. The fourth-order valence-electron chi connectivity index (χ4n) is 2.73. The van der Waals surface area contributed by atoms with E-state index in [1.807, 2.05) is 41.8 Å². The predicted octanol–water partition coefficient (Wildman–Crippen LogP) is 4.72. The maximum atomic E-state index is 12.0. The minimum Gasteiger partial charge on any atom is -0.368 e. The topological polar surface area (TPSA) is 71.3 Å². The van der Waals surface area contributed by atoms with E-state index in [2.05, 4.69) is 36.6 Å². The van der Waals surface area contributed by atoms with Crippen LogP contribution in [0, 0.1) is 0 Å². The Hall–Kier alpha value is -2.42. The Labute approximate surface area is 178 Å². The van der Waals surface area contributed by atoms with Crippen LogP contribution in [0.25, 0.3) is 16.9 Å². The second-order valence-electron chi connectivity index (χ2n) is 5.89. The molecule has 1 amide bonds. The Bertz CT molecular complexity index is 1130. The summed E-state index contributed by atoms with van der Waals surface area (Å²) in [5.41, 5.74) is 2.26. The van der Waals surface area contributed by atoms with E-state index in [1.54, 1.807) is 16.8 Å². The first-order chi connectivity index (χ1) is 13.6. The van der Waals surface area contributed by atoms with E-state index in [1.165, 1.54) is 11.3 Å². The van der Waals surface area contributed by atoms with Gasteiger partial charge in [0.25, 0.3) is 5.91 Å². The van der Waals surface area contributed by atoms with Crippen LogP contribution in [0.2, 0.25) is 5.02 Å². The number of hydrogen-bond donors (Lipinski definition) is 2. The fraction of sp³-hybridized carbons (Fsp3) is 0.105. The predicted molar refractivity (Wildman–Crippen MR) is 116 cm³/mol. The van der Waals surface area contributed by atoms with E-state index in [0.717, 1.165) is 21.5 Å². The van der Waals surface area contributed by atoms with Crippen molar-refractivity contribution in [2.75, 3.05) is 18.4 Å². The van der Waals surface area contributed by atoms with Gasteiger partial charge >= 0.3 is 0 Å². The molecule has 0 aliphatic rings. The number of benzene rings is 1. The van der Waals surface area contributed by atoms with Crippen molar-refractivity contribution in [2.45, 2.75) is 0 Å². The van der Waals surface area contributed by atoms with Gasteiger partial charge in [-0.3, -0.25) is 4.79 Å². The first-order valence-corrected chi connectivity index (χ1v) is 10.5. The summed E-state index contributed by atoms with van der Waals surface area (Å²) in [6.07, 6.45) is 1.70. The van der Waals surface area contributed by atoms with Crippen molar-refractivity contribution in [3.63, 3.8) is 0 Å². The molecule has 28 heavy (non-hydrogen) atoms. The van der Waals surface area contributed by atoms with Gasteiger partial charge in [0.1, 0.15) is 5.82 Å². The SMILES string of the molecule is O=C(NCCNc1cc(-c2ccccc2Cl)nc2c(Br)cnn12)c1cccs1. The van der Waals surface area contributed by atoms with Gasteiger partial charge < -0.3 is 10.6 Å². The van der Waals surface area contributed by atoms with Crippen molar-refractivity contribution in [1.82, 2.24) is 19.9 Å². The zero-order chi connectivity index (χ0) is 19.5. The Morgan fingerprint density at radius 3 is 2.86 bits per heavy atom. The van der Waals surface area contributed by atoms with Crippen molar-refractivity contribution < 1.29 is 4.79 Å². The summed E-state index contributed by atoms with van der Waals surface area (Å²) in [4.78, 5) is 17.4. The van der Waals surface area contributed by atoms with Crippen molar-refractivity contribution in [3.05, 3.63) is 68.4 Å². The average molecular weight is 477 g/mol. The van der Waals surface area contributed by atoms with Crippen LogP contribution in [0.3, 0.4) is 0 Å². The number of rotatable bonds is 6. The minimum absolute atomic E-state index is 0.0738. The van der Waals surface area contributed by atoms with Crippen molar-refractivity contribution in [3.8, 4) is 11.3 Å². The lowest BCUT2D eigenvalue weighted by atomic mass is 10.1. The lowest BCUT2D eigenvalue weighted by Crippen LogP contribution is -2.28. The number of carbonyl (C=O) groups excluding carboxylic acids is 1. The number of aromatic nitrogens is 3. The molecule has 142 valence electrons. The molecule has 0 fully saturated rings. The second-order valence-corrected chi connectivity index (χ2v) is 8.10. The standard InChI is InChI=1S/C19H15BrClN5OS/c20-13-11-24-26-17(22-7-8-23-19(27)16-6-3-9-28-16)10-15(25-18(13)26)12-4-1-2-5-14(12)21/h1-6,9-11,22H,7-8H2,(H,23,27). The van der Waals surface area contributed by atoms with Crippen LogP contribution in [-0.2, 0) is 0 Å². The molecule has 1 aromatic carbocycles. The highest BCUT2D eigenvalue weighted by Crippen LogP contribution is 2.30. The molecular formula is C19H15BrClN5OS. The maximum Gasteiger partial charge on any atom is 0.261 e. The molecule has 0 radical (unpaired) electrons. The summed E-state index contributed by atoms with van der Waals surface area (Å²) >= 11 is 11.3. The molecule has 0 saturated heterocycles. The number of halogens is 2. The summed E-state index contributed by atoms with van der Waals surface area (Å²) in [5, 5.41) is 13.1. The molecule has 0 saturated carbocycles. The Kier molecular flexibility index (Phi) is 5.61. The molecule has 0 spiro atoms. The zero-order valence-corrected chi connectivity index (χ0v) is 17.7. The molecule has 6 nitrogen and oxygen atoms in total. The number of nitrogens with zero attached hydrogens (tertiary/aromatic N) is 3. The highest BCUT2D eigenvalue weighted by atomic mass is 79.9. The van der Waals surface area contributed by atoms with Gasteiger partial charge in [0.15, 0.2) is 5.65 Å². The second kappa shape index (κ2) is 8.30. The largest absolute Gasteiger partial charge is 0.368 e. The number of amides is 1. The van der Waals surface area contributed by atoms with Crippen LogP contribution in [-0.4, -0.2) is 33.6 Å². The monoisotopic (exact) mass is 475 g/mol. The highest BCUT2D eigenvalue weighted by molar-refractivity contribution is 9.10. The molecule has 0 aliphatic heterocycles. The van der Waals surface area contributed by atoms with Crippen LogP contribution in [0.5, 0.6) is 0 Å². The lowest BCUT2D eigenvalue weighted by molar-refractivity contribution is 0.0959. The van der Waals surface area contributed by atoms with Crippen molar-refractivity contribution >= 4 is 56.2 Å². The third kappa shape index (κ3) is 3.89. The van der Waals surface area contributed by atoms with Crippen LogP contribution in [0.1, 0.15) is 9.67 Å². The van der Waals surface area contributed by atoms with Crippen LogP contribution < -0.4 is 10.6 Å². The molecule has 3 heterocycles. The van der Waals surface area contributed by atoms with Gasteiger partial charge in [0.05, 0.1) is 21.2 Å². The number of thiophene rings is 1. The van der Waals surface area contributed by atoms with E-state index >= 15 is 0 Å². The number of nitrogens with one attached hydrogen (secondary N) is 2. The van der Waals surface area contributed by atoms with Crippen LogP contribution >= 0.6 is 38.9 Å². The first kappa shape index (κ1) is 18.9. The van der Waals surface area contributed by atoms with E-state index in [9.17, 15) is 4.79 Å². The van der Waals surface area contributed by atoms with Gasteiger partial charge in [-0.25, -0.2) is 4.98 Å². The molecule has 9 heteroatoms. The van der Waals surface area contributed by atoms with Gasteiger partial charge in [-0.05, 0) is 33.4 Å². The lowest BCUT2D eigenvalue weighted by Gasteiger charge is -2.12. The summed E-state index contributed by atoms with van der Waals surface area (Å²) in [7, 11) is 0. The molecule has 0 bridgehead atoms. The van der Waals surface area contributed by atoms with E-state index < -0.39 is 0 Å². The van der Waals surface area contributed by atoms with Crippen molar-refractivity contribution in [2.24, 2.45) is 0 Å². The number of fused-ring (bicyclic) bond motifs is 1. The molecular weight excluding hydrogens is 462 g/mol. The molecule has 4 rings (SSSR count). The zero-order valence-electron chi connectivity index (χ0n) is 14.5.